The minimum Gasteiger partial charge on any atom is -0.396 e. The minimum atomic E-state index is -2.89. The zero-order chi connectivity index (χ0) is 9.30. The van der Waals surface area contributed by atoms with Crippen molar-refractivity contribution in [1.82, 2.24) is 4.57 Å². The van der Waals surface area contributed by atoms with E-state index in [4.69, 9.17) is 17.3 Å². The number of anilines is 1. The summed E-state index contributed by atoms with van der Waals surface area (Å²) in [4.78, 5) is 10.8. The van der Waals surface area contributed by atoms with Crippen LogP contribution in [-0.2, 0) is 0 Å². The Hall–Kier alpha value is -1.10. The Morgan fingerprint density at radius 1 is 1.58 bits per heavy atom. The van der Waals surface area contributed by atoms with Crippen LogP contribution in [0.5, 0.6) is 0 Å². The molecule has 1 aromatic rings. The van der Waals surface area contributed by atoms with Gasteiger partial charge in [-0.2, -0.15) is 8.78 Å². The van der Waals surface area contributed by atoms with Crippen LogP contribution in [0.1, 0.15) is 6.55 Å². The standard InChI is InChI=1S/C6H5ClF2N2O/c7-3-1-5(12)11(6(8)9)2-4(3)10/h1-2,6H,10H2. The van der Waals surface area contributed by atoms with Crippen LogP contribution in [0.15, 0.2) is 17.1 Å². The van der Waals surface area contributed by atoms with Crippen LogP contribution in [0.25, 0.3) is 0 Å². The maximum atomic E-state index is 12.0. The van der Waals surface area contributed by atoms with Gasteiger partial charge in [0, 0.05) is 12.3 Å². The van der Waals surface area contributed by atoms with Gasteiger partial charge in [-0.3, -0.25) is 9.36 Å². The molecule has 0 saturated carbocycles. The fraction of sp³-hybridized carbons (Fsp3) is 0.167. The molecule has 0 spiro atoms. The van der Waals surface area contributed by atoms with E-state index in [0.29, 0.717) is 0 Å². The molecule has 0 aromatic carbocycles. The SMILES string of the molecule is Nc1cn(C(F)F)c(=O)cc1Cl. The molecule has 0 fully saturated rings. The van der Waals surface area contributed by atoms with E-state index in [0.717, 1.165) is 12.3 Å². The molecule has 0 unspecified atom stereocenters. The van der Waals surface area contributed by atoms with Gasteiger partial charge in [-0.05, 0) is 0 Å². The van der Waals surface area contributed by atoms with Gasteiger partial charge in [-0.1, -0.05) is 11.6 Å². The quantitative estimate of drug-likeness (QED) is 0.736. The van der Waals surface area contributed by atoms with Crippen molar-refractivity contribution in [3.63, 3.8) is 0 Å². The topological polar surface area (TPSA) is 48.0 Å². The Bertz CT molecular complexity index is 350. The van der Waals surface area contributed by atoms with Gasteiger partial charge in [-0.25, -0.2) is 0 Å². The predicted molar refractivity (Wildman–Crippen MR) is 41.4 cm³/mol. The third-order valence-electron chi connectivity index (χ3n) is 1.27. The molecule has 1 heterocycles. The van der Waals surface area contributed by atoms with E-state index < -0.39 is 12.1 Å². The summed E-state index contributed by atoms with van der Waals surface area (Å²) in [5.74, 6) is 0. The van der Waals surface area contributed by atoms with Crippen LogP contribution in [-0.4, -0.2) is 4.57 Å². The molecule has 3 nitrogen and oxygen atoms in total. The highest BCUT2D eigenvalue weighted by molar-refractivity contribution is 6.32. The maximum absolute atomic E-state index is 12.0. The highest BCUT2D eigenvalue weighted by atomic mass is 35.5. The Labute approximate surface area is 71.4 Å². The second-order valence-electron chi connectivity index (χ2n) is 2.10. The number of hydrogen-bond donors (Lipinski definition) is 1. The number of pyridine rings is 1. The van der Waals surface area contributed by atoms with Crippen LogP contribution in [0.4, 0.5) is 14.5 Å². The first kappa shape index (κ1) is 8.99. The zero-order valence-electron chi connectivity index (χ0n) is 5.80. The fourth-order valence-corrected chi connectivity index (χ4v) is 0.836. The number of aromatic nitrogens is 1. The maximum Gasteiger partial charge on any atom is 0.321 e. The molecule has 1 aromatic heterocycles. The van der Waals surface area contributed by atoms with Crippen LogP contribution in [0.3, 0.4) is 0 Å². The summed E-state index contributed by atoms with van der Waals surface area (Å²) in [5.41, 5.74) is 4.29. The molecule has 0 radical (unpaired) electrons. The molecule has 0 bridgehead atoms. The van der Waals surface area contributed by atoms with Gasteiger partial charge >= 0.3 is 6.55 Å². The summed E-state index contributed by atoms with van der Waals surface area (Å²) in [5, 5.41) is -0.0168. The van der Waals surface area contributed by atoms with Crippen molar-refractivity contribution >= 4 is 17.3 Å². The van der Waals surface area contributed by atoms with E-state index >= 15 is 0 Å². The van der Waals surface area contributed by atoms with Crippen molar-refractivity contribution < 1.29 is 8.78 Å². The lowest BCUT2D eigenvalue weighted by Gasteiger charge is -2.04. The third kappa shape index (κ3) is 1.55. The summed E-state index contributed by atoms with van der Waals surface area (Å²) in [7, 11) is 0. The molecular formula is C6H5ClF2N2O. The molecule has 0 aliphatic carbocycles. The predicted octanol–water partition coefficient (Wildman–Crippen LogP) is 1.48. The fourth-order valence-electron chi connectivity index (χ4n) is 0.694. The van der Waals surface area contributed by atoms with Crippen molar-refractivity contribution in [2.45, 2.75) is 6.55 Å². The normalized spacial score (nSPS) is 10.7. The van der Waals surface area contributed by atoms with Crippen LogP contribution < -0.4 is 11.3 Å². The molecule has 12 heavy (non-hydrogen) atoms. The lowest BCUT2D eigenvalue weighted by Crippen LogP contribution is -2.19. The van der Waals surface area contributed by atoms with Crippen molar-refractivity contribution in [3.05, 3.63) is 27.6 Å². The van der Waals surface area contributed by atoms with E-state index in [9.17, 15) is 13.6 Å². The summed E-state index contributed by atoms with van der Waals surface area (Å²) in [6.45, 7) is -2.89. The summed E-state index contributed by atoms with van der Waals surface area (Å²) >= 11 is 5.41. The van der Waals surface area contributed by atoms with Crippen molar-refractivity contribution in [2.24, 2.45) is 0 Å². The van der Waals surface area contributed by atoms with Crippen LogP contribution >= 0.6 is 11.6 Å². The molecule has 0 aliphatic rings. The van der Waals surface area contributed by atoms with E-state index in [1.807, 2.05) is 0 Å². The monoisotopic (exact) mass is 194 g/mol. The van der Waals surface area contributed by atoms with E-state index in [-0.39, 0.29) is 15.3 Å². The van der Waals surface area contributed by atoms with Crippen LogP contribution in [0.2, 0.25) is 5.02 Å². The first-order chi connectivity index (χ1) is 5.52. The van der Waals surface area contributed by atoms with E-state index in [2.05, 4.69) is 0 Å². The first-order valence-corrected chi connectivity index (χ1v) is 3.35. The van der Waals surface area contributed by atoms with Crippen LogP contribution in [0, 0.1) is 0 Å². The second-order valence-corrected chi connectivity index (χ2v) is 2.51. The second kappa shape index (κ2) is 3.10. The lowest BCUT2D eigenvalue weighted by molar-refractivity contribution is 0.0665. The molecule has 1 rings (SSSR count). The minimum absolute atomic E-state index is 0.0168. The van der Waals surface area contributed by atoms with Crippen molar-refractivity contribution in [2.75, 3.05) is 5.73 Å². The Morgan fingerprint density at radius 3 is 2.67 bits per heavy atom. The first-order valence-electron chi connectivity index (χ1n) is 2.97. The average molecular weight is 195 g/mol. The van der Waals surface area contributed by atoms with Gasteiger partial charge in [0.05, 0.1) is 10.7 Å². The number of hydrogen-bond acceptors (Lipinski definition) is 2. The summed E-state index contributed by atoms with van der Waals surface area (Å²) in [6.07, 6.45) is 0.815. The third-order valence-corrected chi connectivity index (χ3v) is 1.60. The molecule has 0 aliphatic heterocycles. The van der Waals surface area contributed by atoms with E-state index in [1.54, 1.807) is 0 Å². The molecule has 0 amide bonds. The van der Waals surface area contributed by atoms with Gasteiger partial charge in [0.1, 0.15) is 0 Å². The van der Waals surface area contributed by atoms with Gasteiger partial charge in [-0.15, -0.1) is 0 Å². The highest BCUT2D eigenvalue weighted by Gasteiger charge is 2.09. The van der Waals surface area contributed by atoms with E-state index in [1.165, 1.54) is 0 Å². The highest BCUT2D eigenvalue weighted by Crippen LogP contribution is 2.17. The molecule has 66 valence electrons. The number of rotatable bonds is 1. The molecular weight excluding hydrogens is 190 g/mol. The Kier molecular flexibility index (Phi) is 2.32. The Balaban J connectivity index is 3.33. The number of nitrogens with zero attached hydrogens (tertiary/aromatic N) is 1. The van der Waals surface area contributed by atoms with Gasteiger partial charge in [0.2, 0.25) is 0 Å². The number of nitrogens with two attached hydrogens (primary N) is 1. The molecule has 0 saturated heterocycles. The molecule has 0 atom stereocenters. The number of halogens is 3. The largest absolute Gasteiger partial charge is 0.396 e. The number of nitrogen functional groups attached to an aromatic ring is 1. The van der Waals surface area contributed by atoms with Gasteiger partial charge < -0.3 is 5.73 Å². The van der Waals surface area contributed by atoms with Gasteiger partial charge in [0.15, 0.2) is 0 Å². The van der Waals surface area contributed by atoms with Gasteiger partial charge in [0.25, 0.3) is 5.56 Å². The smallest absolute Gasteiger partial charge is 0.321 e. The number of alkyl halides is 2. The van der Waals surface area contributed by atoms with Crippen molar-refractivity contribution in [3.8, 4) is 0 Å². The molecule has 6 heteroatoms. The molecule has 2 N–H and O–H groups in total. The summed E-state index contributed by atoms with van der Waals surface area (Å²) < 4.78 is 24.2. The van der Waals surface area contributed by atoms with Crippen molar-refractivity contribution in [1.29, 1.82) is 0 Å². The summed E-state index contributed by atoms with van der Waals surface area (Å²) in [6, 6.07) is 0.850. The Morgan fingerprint density at radius 2 is 2.17 bits per heavy atom. The average Bonchev–Trinajstić information content (AvgIpc) is 1.96. The zero-order valence-corrected chi connectivity index (χ0v) is 6.55. The lowest BCUT2D eigenvalue weighted by atomic mass is 10.4.